The Kier molecular flexibility index (Phi) is 7.69. The number of carbonyl (C=O) groups excluding carboxylic acids is 1. The first-order valence-electron chi connectivity index (χ1n) is 11.0. The van der Waals surface area contributed by atoms with Crippen LogP contribution in [-0.4, -0.2) is 48.1 Å². The molecule has 1 N–H and O–H groups in total. The molecule has 2 aromatic rings. The predicted octanol–water partition coefficient (Wildman–Crippen LogP) is 3.94. The van der Waals surface area contributed by atoms with Crippen LogP contribution in [0.4, 0.5) is 5.69 Å². The topological polar surface area (TPSA) is 70.1 Å². The van der Waals surface area contributed by atoms with Crippen molar-refractivity contribution in [1.82, 2.24) is 4.90 Å². The van der Waals surface area contributed by atoms with Crippen LogP contribution in [-0.2, 0) is 27.5 Å². The number of carboxylic acid groups (broad SMARTS) is 1. The summed E-state index contributed by atoms with van der Waals surface area (Å²) in [5.74, 6) is -1.78. The number of esters is 1. The molecule has 0 unspecified atom stereocenters. The maximum absolute atomic E-state index is 12.4. The maximum Gasteiger partial charge on any atom is 0.323 e. The van der Waals surface area contributed by atoms with Crippen LogP contribution in [0.15, 0.2) is 54.6 Å². The highest BCUT2D eigenvalue weighted by Gasteiger charge is 2.44. The summed E-state index contributed by atoms with van der Waals surface area (Å²) in [6, 6.07) is 18.5. The van der Waals surface area contributed by atoms with Gasteiger partial charge in [-0.25, -0.2) is 0 Å². The number of nitrogens with zero attached hydrogens (tertiary/aromatic N) is 2. The molecule has 0 saturated carbocycles. The molecular weight excluding hydrogens is 392 g/mol. The van der Waals surface area contributed by atoms with E-state index in [-0.39, 0.29) is 19.4 Å². The van der Waals surface area contributed by atoms with Gasteiger partial charge in [0.25, 0.3) is 0 Å². The van der Waals surface area contributed by atoms with Crippen molar-refractivity contribution in [3.8, 4) is 0 Å². The molecule has 166 valence electrons. The zero-order chi connectivity index (χ0) is 22.3. The Morgan fingerprint density at radius 3 is 2.03 bits per heavy atom. The summed E-state index contributed by atoms with van der Waals surface area (Å²) in [6.45, 7) is 8.43. The van der Waals surface area contributed by atoms with Crippen molar-refractivity contribution in [2.45, 2.75) is 39.8 Å². The molecule has 0 aromatic heterocycles. The lowest BCUT2D eigenvalue weighted by molar-refractivity contribution is -0.170. The van der Waals surface area contributed by atoms with E-state index in [9.17, 15) is 14.7 Å². The van der Waals surface area contributed by atoms with Crippen molar-refractivity contribution in [2.24, 2.45) is 5.41 Å². The molecule has 0 aliphatic carbocycles. The van der Waals surface area contributed by atoms with Gasteiger partial charge in [0.2, 0.25) is 0 Å². The number of rotatable bonds is 9. The molecule has 1 aliphatic heterocycles. The van der Waals surface area contributed by atoms with Crippen molar-refractivity contribution < 1.29 is 19.4 Å². The van der Waals surface area contributed by atoms with Gasteiger partial charge >= 0.3 is 11.9 Å². The van der Waals surface area contributed by atoms with E-state index >= 15 is 0 Å². The third-order valence-corrected chi connectivity index (χ3v) is 6.30. The maximum atomic E-state index is 12.4. The first-order chi connectivity index (χ1) is 15.0. The van der Waals surface area contributed by atoms with Crippen LogP contribution in [0.3, 0.4) is 0 Å². The molecule has 31 heavy (non-hydrogen) atoms. The molecule has 1 fully saturated rings. The molecular formula is C25H32N2O4. The number of piperazine rings is 1. The second kappa shape index (κ2) is 10.4. The van der Waals surface area contributed by atoms with E-state index in [1.807, 2.05) is 18.2 Å². The highest BCUT2D eigenvalue weighted by molar-refractivity contribution is 5.99. The highest BCUT2D eigenvalue weighted by atomic mass is 16.5. The zero-order valence-corrected chi connectivity index (χ0v) is 18.4. The number of carboxylic acids is 1. The van der Waals surface area contributed by atoms with Crippen LogP contribution in [0.2, 0.25) is 0 Å². The summed E-state index contributed by atoms with van der Waals surface area (Å²) < 4.78 is 5.34. The Hall–Kier alpha value is -2.86. The quantitative estimate of drug-likeness (QED) is 0.486. The minimum atomic E-state index is -1.46. The molecule has 0 atom stereocenters. The summed E-state index contributed by atoms with van der Waals surface area (Å²) in [6.07, 6.45) is 0.433. The summed E-state index contributed by atoms with van der Waals surface area (Å²) >= 11 is 0. The van der Waals surface area contributed by atoms with Crippen LogP contribution < -0.4 is 4.90 Å². The molecule has 2 aromatic carbocycles. The summed E-state index contributed by atoms with van der Waals surface area (Å²) in [7, 11) is 0. The number of hydrogen-bond donors (Lipinski definition) is 1. The van der Waals surface area contributed by atoms with Crippen LogP contribution in [0.1, 0.15) is 37.8 Å². The van der Waals surface area contributed by atoms with Crippen molar-refractivity contribution in [3.63, 3.8) is 0 Å². The average molecular weight is 425 g/mol. The Labute approximate surface area is 184 Å². The summed E-state index contributed by atoms with van der Waals surface area (Å²) in [4.78, 5) is 28.8. The highest BCUT2D eigenvalue weighted by Crippen LogP contribution is 2.29. The standard InChI is InChI=1S/C25H32N2O4/c1-3-25(4-2,23(28)29)24(30)31-19-21-12-10-20(11-13-21)18-26-14-16-27(17-15-26)22-8-6-5-7-9-22/h5-13H,3-4,14-19H2,1-2H3,(H,28,29). The van der Waals surface area contributed by atoms with Gasteiger partial charge in [-0.1, -0.05) is 56.3 Å². The fraction of sp³-hybridized carbons (Fsp3) is 0.440. The molecule has 0 radical (unpaired) electrons. The lowest BCUT2D eigenvalue weighted by Crippen LogP contribution is -2.45. The molecule has 6 heteroatoms. The summed E-state index contributed by atoms with van der Waals surface area (Å²) in [5, 5.41) is 9.46. The van der Waals surface area contributed by atoms with E-state index in [4.69, 9.17) is 4.74 Å². The van der Waals surface area contributed by atoms with Crippen LogP contribution in [0, 0.1) is 5.41 Å². The van der Waals surface area contributed by atoms with Gasteiger partial charge in [-0.3, -0.25) is 14.5 Å². The normalized spacial score (nSPS) is 15.0. The first-order valence-corrected chi connectivity index (χ1v) is 11.0. The minimum Gasteiger partial charge on any atom is -0.480 e. The van der Waals surface area contributed by atoms with E-state index in [0.717, 1.165) is 38.3 Å². The van der Waals surface area contributed by atoms with Gasteiger partial charge in [-0.05, 0) is 36.1 Å². The minimum absolute atomic E-state index is 0.0872. The molecule has 1 heterocycles. The van der Waals surface area contributed by atoms with Crippen molar-refractivity contribution >= 4 is 17.6 Å². The molecule has 6 nitrogen and oxygen atoms in total. The third kappa shape index (κ3) is 5.44. The Morgan fingerprint density at radius 1 is 0.903 bits per heavy atom. The Bertz CT molecular complexity index is 855. The van der Waals surface area contributed by atoms with E-state index in [2.05, 4.69) is 46.2 Å². The lowest BCUT2D eigenvalue weighted by Gasteiger charge is -2.36. The van der Waals surface area contributed by atoms with Gasteiger partial charge in [0.05, 0.1) is 0 Å². The lowest BCUT2D eigenvalue weighted by atomic mass is 9.82. The van der Waals surface area contributed by atoms with Crippen LogP contribution in [0.5, 0.6) is 0 Å². The average Bonchev–Trinajstić information content (AvgIpc) is 2.80. The second-order valence-corrected chi connectivity index (χ2v) is 8.09. The molecule has 0 amide bonds. The number of carbonyl (C=O) groups is 2. The third-order valence-electron chi connectivity index (χ3n) is 6.30. The SMILES string of the molecule is CCC(CC)(C(=O)O)C(=O)OCc1ccc(CN2CCN(c3ccccc3)CC2)cc1. The van der Waals surface area contributed by atoms with E-state index in [1.165, 1.54) is 11.3 Å². The van der Waals surface area contributed by atoms with E-state index < -0.39 is 17.4 Å². The smallest absolute Gasteiger partial charge is 0.323 e. The Morgan fingerprint density at radius 2 is 1.48 bits per heavy atom. The number of benzene rings is 2. The van der Waals surface area contributed by atoms with E-state index in [1.54, 1.807) is 13.8 Å². The first kappa shape index (κ1) is 22.8. The van der Waals surface area contributed by atoms with Gasteiger partial charge in [-0.2, -0.15) is 0 Å². The number of ether oxygens (including phenoxy) is 1. The van der Waals surface area contributed by atoms with Gasteiger partial charge in [0.1, 0.15) is 6.61 Å². The predicted molar refractivity (Wildman–Crippen MR) is 121 cm³/mol. The number of hydrogen-bond acceptors (Lipinski definition) is 5. The van der Waals surface area contributed by atoms with Gasteiger partial charge < -0.3 is 14.7 Å². The summed E-state index contributed by atoms with van der Waals surface area (Å²) in [5.41, 5.74) is 1.89. The van der Waals surface area contributed by atoms with Crippen molar-refractivity contribution in [2.75, 3.05) is 31.1 Å². The van der Waals surface area contributed by atoms with Crippen molar-refractivity contribution in [3.05, 3.63) is 65.7 Å². The van der Waals surface area contributed by atoms with Gasteiger partial charge in [0.15, 0.2) is 5.41 Å². The van der Waals surface area contributed by atoms with Gasteiger partial charge in [0, 0.05) is 38.4 Å². The van der Waals surface area contributed by atoms with Crippen LogP contribution in [0.25, 0.3) is 0 Å². The van der Waals surface area contributed by atoms with E-state index in [0.29, 0.717) is 0 Å². The largest absolute Gasteiger partial charge is 0.480 e. The van der Waals surface area contributed by atoms with Crippen LogP contribution >= 0.6 is 0 Å². The second-order valence-electron chi connectivity index (χ2n) is 8.09. The zero-order valence-electron chi connectivity index (χ0n) is 18.4. The molecule has 0 bridgehead atoms. The fourth-order valence-electron chi connectivity index (χ4n) is 4.02. The Balaban J connectivity index is 1.48. The molecule has 1 saturated heterocycles. The number of aliphatic carboxylic acids is 1. The molecule has 1 aliphatic rings. The fourth-order valence-corrected chi connectivity index (χ4v) is 4.02. The van der Waals surface area contributed by atoms with Gasteiger partial charge in [-0.15, -0.1) is 0 Å². The number of anilines is 1. The molecule has 0 spiro atoms. The molecule has 3 rings (SSSR count). The van der Waals surface area contributed by atoms with Crippen molar-refractivity contribution in [1.29, 1.82) is 0 Å². The number of para-hydroxylation sites is 1. The monoisotopic (exact) mass is 424 g/mol.